The summed E-state index contributed by atoms with van der Waals surface area (Å²) in [5, 5.41) is 0. The number of methoxy groups -OCH3 is 1. The molecule has 0 N–H and O–H groups in total. The van der Waals surface area contributed by atoms with Crippen molar-refractivity contribution in [2.75, 3.05) is 7.11 Å². The van der Waals surface area contributed by atoms with Crippen LogP contribution in [-0.2, 0) is 5.75 Å². The highest BCUT2D eigenvalue weighted by Crippen LogP contribution is 2.34. The van der Waals surface area contributed by atoms with Gasteiger partial charge in [0.05, 0.1) is 7.11 Å². The Labute approximate surface area is 110 Å². The molecule has 1 aliphatic heterocycles. The van der Waals surface area contributed by atoms with Crippen molar-refractivity contribution in [3.05, 3.63) is 59.2 Å². The minimum absolute atomic E-state index is 0.105. The largest absolute Gasteiger partial charge is 0.497 e. The van der Waals surface area contributed by atoms with E-state index in [9.17, 15) is 4.79 Å². The van der Waals surface area contributed by atoms with Gasteiger partial charge in [-0.2, -0.15) is 0 Å². The lowest BCUT2D eigenvalue weighted by molar-refractivity contribution is 0.103. The summed E-state index contributed by atoms with van der Waals surface area (Å²) in [4.78, 5) is 13.5. The van der Waals surface area contributed by atoms with Crippen LogP contribution >= 0.6 is 11.8 Å². The summed E-state index contributed by atoms with van der Waals surface area (Å²) in [6, 6.07) is 13.4. The molecule has 0 aliphatic carbocycles. The normalized spacial score (nSPS) is 13.5. The third-order valence-corrected chi connectivity index (χ3v) is 4.19. The predicted octanol–water partition coefficient (Wildman–Crippen LogP) is 3.53. The van der Waals surface area contributed by atoms with Crippen molar-refractivity contribution in [3.8, 4) is 5.75 Å². The van der Waals surface area contributed by atoms with Crippen molar-refractivity contribution in [1.29, 1.82) is 0 Å². The fraction of sp³-hybridized carbons (Fsp3) is 0.133. The van der Waals surface area contributed by atoms with E-state index in [0.717, 1.165) is 33.1 Å². The zero-order chi connectivity index (χ0) is 12.5. The van der Waals surface area contributed by atoms with Crippen molar-refractivity contribution in [2.45, 2.75) is 10.6 Å². The fourth-order valence-electron chi connectivity index (χ4n) is 2.12. The molecule has 0 saturated carbocycles. The Morgan fingerprint density at radius 1 is 1.11 bits per heavy atom. The molecule has 2 aromatic carbocycles. The van der Waals surface area contributed by atoms with Crippen LogP contribution < -0.4 is 4.74 Å². The number of thioether (sulfide) groups is 1. The Hall–Kier alpha value is -1.74. The van der Waals surface area contributed by atoms with Crippen molar-refractivity contribution < 1.29 is 9.53 Å². The number of carbonyl (C=O) groups is 1. The molecule has 90 valence electrons. The van der Waals surface area contributed by atoms with Gasteiger partial charge in [-0.3, -0.25) is 4.79 Å². The first-order valence-corrected chi connectivity index (χ1v) is 6.71. The quantitative estimate of drug-likeness (QED) is 0.780. The van der Waals surface area contributed by atoms with Gasteiger partial charge in [-0.15, -0.1) is 11.8 Å². The maximum atomic E-state index is 12.5. The van der Waals surface area contributed by atoms with E-state index in [0.29, 0.717) is 0 Å². The van der Waals surface area contributed by atoms with Gasteiger partial charge < -0.3 is 4.74 Å². The van der Waals surface area contributed by atoms with Crippen LogP contribution in [0.15, 0.2) is 47.4 Å². The van der Waals surface area contributed by atoms with Gasteiger partial charge in [0.15, 0.2) is 5.78 Å². The Morgan fingerprint density at radius 2 is 1.94 bits per heavy atom. The molecule has 1 aliphatic rings. The van der Waals surface area contributed by atoms with Crippen LogP contribution in [0.25, 0.3) is 0 Å². The fourth-order valence-corrected chi connectivity index (χ4v) is 3.16. The number of ketones is 1. The van der Waals surface area contributed by atoms with Crippen LogP contribution in [0.3, 0.4) is 0 Å². The van der Waals surface area contributed by atoms with Gasteiger partial charge in [-0.25, -0.2) is 0 Å². The average Bonchev–Trinajstić information content (AvgIpc) is 2.57. The predicted molar refractivity (Wildman–Crippen MR) is 72.4 cm³/mol. The monoisotopic (exact) mass is 256 g/mol. The Kier molecular flexibility index (Phi) is 2.84. The number of ether oxygens (including phenoxy) is 1. The van der Waals surface area contributed by atoms with E-state index in [1.165, 1.54) is 0 Å². The molecule has 0 saturated heterocycles. The van der Waals surface area contributed by atoms with Gasteiger partial charge in [0.25, 0.3) is 0 Å². The van der Waals surface area contributed by atoms with Crippen molar-refractivity contribution in [2.24, 2.45) is 0 Å². The molecular weight excluding hydrogens is 244 g/mol. The van der Waals surface area contributed by atoms with Gasteiger partial charge in [0.2, 0.25) is 0 Å². The van der Waals surface area contributed by atoms with Gasteiger partial charge >= 0.3 is 0 Å². The van der Waals surface area contributed by atoms with E-state index in [-0.39, 0.29) is 5.78 Å². The summed E-state index contributed by atoms with van der Waals surface area (Å²) in [6.07, 6.45) is 0. The van der Waals surface area contributed by atoms with Gasteiger partial charge in [-0.1, -0.05) is 12.1 Å². The number of carbonyl (C=O) groups excluding carboxylic acids is 1. The second kappa shape index (κ2) is 4.50. The second-order valence-corrected chi connectivity index (χ2v) is 5.15. The zero-order valence-corrected chi connectivity index (χ0v) is 10.8. The first-order chi connectivity index (χ1) is 8.79. The van der Waals surface area contributed by atoms with Crippen LogP contribution in [0.4, 0.5) is 0 Å². The molecule has 0 spiro atoms. The van der Waals surface area contributed by atoms with E-state index in [4.69, 9.17) is 4.74 Å². The van der Waals surface area contributed by atoms with E-state index in [2.05, 4.69) is 0 Å². The molecule has 0 amide bonds. The second-order valence-electron chi connectivity index (χ2n) is 4.14. The van der Waals surface area contributed by atoms with Crippen molar-refractivity contribution in [3.63, 3.8) is 0 Å². The number of hydrogen-bond acceptors (Lipinski definition) is 3. The van der Waals surface area contributed by atoms with Crippen LogP contribution in [0.1, 0.15) is 21.5 Å². The van der Waals surface area contributed by atoms with Gasteiger partial charge in [-0.05, 0) is 35.9 Å². The molecule has 18 heavy (non-hydrogen) atoms. The summed E-state index contributed by atoms with van der Waals surface area (Å²) in [5.41, 5.74) is 2.63. The number of hydrogen-bond donors (Lipinski definition) is 0. The van der Waals surface area contributed by atoms with Crippen molar-refractivity contribution in [1.82, 2.24) is 0 Å². The third kappa shape index (κ3) is 1.81. The molecule has 0 radical (unpaired) electrons. The summed E-state index contributed by atoms with van der Waals surface area (Å²) in [6.45, 7) is 0. The Morgan fingerprint density at radius 3 is 2.78 bits per heavy atom. The molecular formula is C15H12O2S. The highest BCUT2D eigenvalue weighted by molar-refractivity contribution is 7.98. The van der Waals surface area contributed by atoms with Gasteiger partial charge in [0.1, 0.15) is 5.75 Å². The van der Waals surface area contributed by atoms with Crippen LogP contribution in [0, 0.1) is 0 Å². The molecule has 2 nitrogen and oxygen atoms in total. The molecule has 0 atom stereocenters. The minimum atomic E-state index is 0.105. The smallest absolute Gasteiger partial charge is 0.194 e. The Bertz CT molecular complexity index is 620. The molecule has 0 unspecified atom stereocenters. The topological polar surface area (TPSA) is 26.3 Å². The van der Waals surface area contributed by atoms with E-state index in [1.54, 1.807) is 18.9 Å². The molecule has 0 fully saturated rings. The highest BCUT2D eigenvalue weighted by Gasteiger charge is 2.21. The molecule has 0 aromatic heterocycles. The number of fused-ring (bicyclic) bond motifs is 2. The Balaban J connectivity index is 2.15. The van der Waals surface area contributed by atoms with E-state index in [1.807, 2.05) is 42.5 Å². The lowest BCUT2D eigenvalue weighted by Crippen LogP contribution is -2.03. The van der Waals surface area contributed by atoms with Crippen LogP contribution in [0.2, 0.25) is 0 Å². The highest BCUT2D eigenvalue weighted by atomic mass is 32.2. The maximum Gasteiger partial charge on any atom is 0.194 e. The molecule has 0 bridgehead atoms. The standard InChI is InChI=1S/C15H12O2S/c1-17-11-6-7-12-10(8-11)9-18-14-5-3-2-4-13(14)15(12)16/h2-8H,9H2,1H3. The average molecular weight is 256 g/mol. The molecule has 3 rings (SSSR count). The lowest BCUT2D eigenvalue weighted by Gasteiger charge is -2.06. The van der Waals surface area contributed by atoms with Crippen LogP contribution in [0.5, 0.6) is 5.75 Å². The van der Waals surface area contributed by atoms with E-state index >= 15 is 0 Å². The summed E-state index contributed by atoms with van der Waals surface area (Å²) in [7, 11) is 1.64. The first kappa shape index (κ1) is 11.4. The molecule has 2 aromatic rings. The number of benzene rings is 2. The minimum Gasteiger partial charge on any atom is -0.497 e. The molecule has 3 heteroatoms. The maximum absolute atomic E-state index is 12.5. The number of rotatable bonds is 1. The van der Waals surface area contributed by atoms with E-state index < -0.39 is 0 Å². The summed E-state index contributed by atoms with van der Waals surface area (Å²) >= 11 is 1.70. The summed E-state index contributed by atoms with van der Waals surface area (Å²) in [5.74, 6) is 1.70. The SMILES string of the molecule is COc1ccc2c(c1)CSc1ccccc1C2=O. The first-order valence-electron chi connectivity index (χ1n) is 5.73. The lowest BCUT2D eigenvalue weighted by atomic mass is 9.99. The van der Waals surface area contributed by atoms with Crippen molar-refractivity contribution >= 4 is 17.5 Å². The zero-order valence-electron chi connectivity index (χ0n) is 9.97. The third-order valence-electron chi connectivity index (χ3n) is 3.07. The summed E-state index contributed by atoms with van der Waals surface area (Å²) < 4.78 is 5.21. The molecule has 1 heterocycles. The van der Waals surface area contributed by atoms with Crippen LogP contribution in [-0.4, -0.2) is 12.9 Å². The van der Waals surface area contributed by atoms with Gasteiger partial charge in [0, 0.05) is 21.8 Å².